The number of benzene rings is 2. The molecule has 8 nitrogen and oxygen atoms in total. The van der Waals surface area contributed by atoms with E-state index in [1.165, 1.54) is 12.1 Å². The van der Waals surface area contributed by atoms with Gasteiger partial charge in [0.15, 0.2) is 16.9 Å². The van der Waals surface area contributed by atoms with Gasteiger partial charge in [-0.2, -0.15) is 0 Å². The fraction of sp³-hybridized carbons (Fsp3) is 0.467. The van der Waals surface area contributed by atoms with Gasteiger partial charge in [0, 0.05) is 26.2 Å². The third-order valence-corrected chi connectivity index (χ3v) is 7.41. The SMILES string of the molecule is CCCCCOc1ccc([C@@H]2c3c(oc4ccc(F)cc4c3=O)C(=O)N2CCCN2CCOCC2)cc1OC. The number of morpholine rings is 1. The fourth-order valence-electron chi connectivity index (χ4n) is 5.37. The number of amides is 1. The average molecular weight is 539 g/mol. The van der Waals surface area contributed by atoms with Crippen LogP contribution in [-0.4, -0.2) is 68.8 Å². The van der Waals surface area contributed by atoms with E-state index in [4.69, 9.17) is 18.6 Å². The van der Waals surface area contributed by atoms with Crippen LogP contribution in [0, 0.1) is 5.82 Å². The number of unbranched alkanes of at least 4 members (excludes halogenated alkanes) is 2. The molecule has 208 valence electrons. The number of rotatable bonds is 11. The summed E-state index contributed by atoms with van der Waals surface area (Å²) >= 11 is 0. The number of ether oxygens (including phenoxy) is 3. The Morgan fingerprint density at radius 3 is 2.59 bits per heavy atom. The first-order chi connectivity index (χ1) is 19.0. The van der Waals surface area contributed by atoms with Crippen molar-refractivity contribution in [2.45, 2.75) is 38.6 Å². The number of fused-ring (bicyclic) bond motifs is 2. The molecule has 9 heteroatoms. The van der Waals surface area contributed by atoms with Crippen molar-refractivity contribution in [3.05, 3.63) is 69.3 Å². The van der Waals surface area contributed by atoms with Gasteiger partial charge in [-0.1, -0.05) is 25.8 Å². The minimum Gasteiger partial charge on any atom is -0.493 e. The van der Waals surface area contributed by atoms with Crippen molar-refractivity contribution in [3.8, 4) is 11.5 Å². The van der Waals surface area contributed by atoms with Crippen molar-refractivity contribution in [2.24, 2.45) is 0 Å². The van der Waals surface area contributed by atoms with Gasteiger partial charge in [0.25, 0.3) is 5.91 Å². The number of halogens is 1. The summed E-state index contributed by atoms with van der Waals surface area (Å²) in [7, 11) is 1.57. The number of carbonyl (C=O) groups excluding carboxylic acids is 1. The van der Waals surface area contributed by atoms with E-state index >= 15 is 0 Å². The molecule has 2 aromatic carbocycles. The van der Waals surface area contributed by atoms with Crippen LogP contribution in [0.3, 0.4) is 0 Å². The van der Waals surface area contributed by atoms with Gasteiger partial charge < -0.3 is 23.5 Å². The van der Waals surface area contributed by atoms with E-state index < -0.39 is 17.3 Å². The first kappa shape index (κ1) is 27.1. The lowest BCUT2D eigenvalue weighted by Gasteiger charge is -2.29. The van der Waals surface area contributed by atoms with E-state index in [0.29, 0.717) is 49.8 Å². The molecule has 2 aliphatic rings. The number of nitrogens with zero attached hydrogens (tertiary/aromatic N) is 2. The van der Waals surface area contributed by atoms with Crippen LogP contribution in [-0.2, 0) is 4.74 Å². The van der Waals surface area contributed by atoms with Crippen LogP contribution in [0.1, 0.15) is 60.3 Å². The van der Waals surface area contributed by atoms with Gasteiger partial charge in [-0.05, 0) is 48.7 Å². The third-order valence-electron chi connectivity index (χ3n) is 7.41. The van der Waals surface area contributed by atoms with Crippen molar-refractivity contribution >= 4 is 16.9 Å². The molecule has 1 aromatic heterocycles. The molecule has 0 aliphatic carbocycles. The smallest absolute Gasteiger partial charge is 0.290 e. The van der Waals surface area contributed by atoms with Gasteiger partial charge >= 0.3 is 0 Å². The van der Waals surface area contributed by atoms with E-state index in [1.54, 1.807) is 12.0 Å². The Balaban J connectivity index is 1.50. The largest absolute Gasteiger partial charge is 0.493 e. The summed E-state index contributed by atoms with van der Waals surface area (Å²) in [5.74, 6) is 0.250. The molecule has 3 heterocycles. The molecule has 1 fully saturated rings. The highest BCUT2D eigenvalue weighted by Crippen LogP contribution is 2.41. The summed E-state index contributed by atoms with van der Waals surface area (Å²) in [6.45, 7) is 7.04. The van der Waals surface area contributed by atoms with Crippen LogP contribution >= 0.6 is 0 Å². The molecule has 0 spiro atoms. The van der Waals surface area contributed by atoms with Gasteiger partial charge in [-0.3, -0.25) is 14.5 Å². The van der Waals surface area contributed by atoms with Gasteiger partial charge in [-0.15, -0.1) is 0 Å². The summed E-state index contributed by atoms with van der Waals surface area (Å²) in [5.41, 5.74) is 0.715. The molecule has 1 atom stereocenters. The molecule has 3 aromatic rings. The summed E-state index contributed by atoms with van der Waals surface area (Å²) in [6.07, 6.45) is 3.82. The van der Waals surface area contributed by atoms with Gasteiger partial charge in [-0.25, -0.2) is 4.39 Å². The lowest BCUT2D eigenvalue weighted by atomic mass is 9.98. The fourth-order valence-corrected chi connectivity index (χ4v) is 5.37. The molecule has 39 heavy (non-hydrogen) atoms. The van der Waals surface area contributed by atoms with Crippen LogP contribution in [0.25, 0.3) is 11.0 Å². The van der Waals surface area contributed by atoms with Crippen LogP contribution in [0.15, 0.2) is 45.6 Å². The Hall–Kier alpha value is -3.43. The second-order valence-electron chi connectivity index (χ2n) is 9.99. The van der Waals surface area contributed by atoms with Gasteiger partial charge in [0.1, 0.15) is 11.4 Å². The molecule has 0 unspecified atom stereocenters. The summed E-state index contributed by atoms with van der Waals surface area (Å²) < 4.78 is 37.0. The first-order valence-electron chi connectivity index (χ1n) is 13.7. The average Bonchev–Trinajstić information content (AvgIpc) is 3.23. The lowest BCUT2D eigenvalue weighted by Crippen LogP contribution is -2.38. The highest BCUT2D eigenvalue weighted by molar-refractivity contribution is 5.99. The van der Waals surface area contributed by atoms with E-state index in [2.05, 4.69) is 11.8 Å². The monoisotopic (exact) mass is 538 g/mol. The topological polar surface area (TPSA) is 81.5 Å². The number of hydrogen-bond donors (Lipinski definition) is 0. The van der Waals surface area contributed by atoms with Crippen LogP contribution in [0.4, 0.5) is 4.39 Å². The Bertz CT molecular complexity index is 1380. The third kappa shape index (κ3) is 5.65. The zero-order valence-corrected chi connectivity index (χ0v) is 22.5. The molecular formula is C30H35FN2O6. The molecule has 0 saturated carbocycles. The van der Waals surface area contributed by atoms with Crippen LogP contribution in [0.5, 0.6) is 11.5 Å². The Kier molecular flexibility index (Phi) is 8.47. The summed E-state index contributed by atoms with van der Waals surface area (Å²) in [4.78, 5) is 31.4. The maximum atomic E-state index is 14.1. The second kappa shape index (κ2) is 12.2. The minimum atomic E-state index is -0.691. The molecule has 0 radical (unpaired) electrons. The Labute approximate surface area is 227 Å². The predicted octanol–water partition coefficient (Wildman–Crippen LogP) is 4.78. The van der Waals surface area contributed by atoms with Crippen molar-refractivity contribution in [1.82, 2.24) is 9.80 Å². The van der Waals surface area contributed by atoms with Crippen LogP contribution in [0.2, 0.25) is 0 Å². The maximum absolute atomic E-state index is 14.1. The molecule has 0 bridgehead atoms. The highest BCUT2D eigenvalue weighted by atomic mass is 19.1. The summed E-state index contributed by atoms with van der Waals surface area (Å²) in [5, 5.41) is 0.115. The zero-order chi connectivity index (χ0) is 27.4. The van der Waals surface area contributed by atoms with Gasteiger partial charge in [0.2, 0.25) is 5.76 Å². The molecule has 5 rings (SSSR count). The second-order valence-corrected chi connectivity index (χ2v) is 9.99. The number of carbonyl (C=O) groups is 1. The molecule has 0 N–H and O–H groups in total. The Morgan fingerprint density at radius 2 is 1.82 bits per heavy atom. The number of hydrogen-bond acceptors (Lipinski definition) is 7. The molecule has 2 aliphatic heterocycles. The maximum Gasteiger partial charge on any atom is 0.290 e. The zero-order valence-electron chi connectivity index (χ0n) is 22.5. The number of methoxy groups -OCH3 is 1. The van der Waals surface area contributed by atoms with E-state index in [1.807, 2.05) is 18.2 Å². The summed E-state index contributed by atoms with van der Waals surface area (Å²) in [6, 6.07) is 8.57. The van der Waals surface area contributed by atoms with E-state index in [-0.39, 0.29) is 28.2 Å². The predicted molar refractivity (Wildman–Crippen MR) is 145 cm³/mol. The van der Waals surface area contributed by atoms with Crippen molar-refractivity contribution < 1.29 is 27.8 Å². The molecular weight excluding hydrogens is 503 g/mol. The van der Waals surface area contributed by atoms with Crippen molar-refractivity contribution in [3.63, 3.8) is 0 Å². The quantitative estimate of drug-likeness (QED) is 0.325. The van der Waals surface area contributed by atoms with Crippen molar-refractivity contribution in [2.75, 3.05) is 53.1 Å². The van der Waals surface area contributed by atoms with E-state index in [0.717, 1.165) is 45.0 Å². The molecule has 1 amide bonds. The Morgan fingerprint density at radius 1 is 1.00 bits per heavy atom. The minimum absolute atomic E-state index is 0.00865. The lowest BCUT2D eigenvalue weighted by molar-refractivity contribution is 0.0353. The highest BCUT2D eigenvalue weighted by Gasteiger charge is 2.42. The normalized spacial score (nSPS) is 17.6. The van der Waals surface area contributed by atoms with Crippen molar-refractivity contribution in [1.29, 1.82) is 0 Å². The standard InChI is InChI=1S/C30H35FN2O6/c1-3-4-5-15-38-24-9-7-20(18-25(24)36-2)27-26-28(34)22-19-21(31)8-10-23(22)39-29(26)30(35)33(27)12-6-11-32-13-16-37-17-14-32/h7-10,18-19,27H,3-6,11-17H2,1-2H3/t27-/m1/s1. The van der Waals surface area contributed by atoms with Gasteiger partial charge in [0.05, 0.1) is 43.9 Å². The van der Waals surface area contributed by atoms with Crippen LogP contribution < -0.4 is 14.9 Å². The molecule has 1 saturated heterocycles. The first-order valence-corrected chi connectivity index (χ1v) is 13.7. The van der Waals surface area contributed by atoms with E-state index in [9.17, 15) is 14.0 Å².